The zero-order valence-electron chi connectivity index (χ0n) is 9.60. The van der Waals surface area contributed by atoms with E-state index in [4.69, 9.17) is 5.73 Å². The van der Waals surface area contributed by atoms with Crippen LogP contribution in [0.2, 0.25) is 0 Å². The summed E-state index contributed by atoms with van der Waals surface area (Å²) in [5, 5.41) is 0. The lowest BCUT2D eigenvalue weighted by Gasteiger charge is -2.14. The summed E-state index contributed by atoms with van der Waals surface area (Å²) in [5.74, 6) is 1.05. The molecular formula is C11H19N3O. The molecule has 4 heteroatoms. The molecule has 1 aromatic heterocycles. The SMILES string of the molecule is CCn1ccnc1CC(=O)C(N)C(C)C. The first-order valence-electron chi connectivity index (χ1n) is 5.34. The summed E-state index contributed by atoms with van der Waals surface area (Å²) in [6, 6.07) is -0.382. The van der Waals surface area contributed by atoms with Crippen LogP contribution in [0, 0.1) is 5.92 Å². The van der Waals surface area contributed by atoms with E-state index >= 15 is 0 Å². The molecule has 0 aliphatic heterocycles. The minimum atomic E-state index is -0.382. The minimum Gasteiger partial charge on any atom is -0.335 e. The maximum absolute atomic E-state index is 11.7. The van der Waals surface area contributed by atoms with E-state index in [1.807, 2.05) is 31.5 Å². The maximum atomic E-state index is 11.7. The topological polar surface area (TPSA) is 60.9 Å². The lowest BCUT2D eigenvalue weighted by molar-refractivity contribution is -0.120. The summed E-state index contributed by atoms with van der Waals surface area (Å²) in [6.45, 7) is 6.77. The fourth-order valence-electron chi connectivity index (χ4n) is 1.44. The number of ketones is 1. The number of imidazole rings is 1. The number of aryl methyl sites for hydroxylation is 1. The third kappa shape index (κ3) is 2.89. The molecule has 0 radical (unpaired) electrons. The van der Waals surface area contributed by atoms with E-state index in [1.165, 1.54) is 0 Å². The van der Waals surface area contributed by atoms with E-state index in [2.05, 4.69) is 4.98 Å². The molecule has 0 aliphatic carbocycles. The van der Waals surface area contributed by atoms with Crippen molar-refractivity contribution in [2.24, 2.45) is 11.7 Å². The third-order valence-electron chi connectivity index (χ3n) is 2.56. The van der Waals surface area contributed by atoms with Gasteiger partial charge >= 0.3 is 0 Å². The fraction of sp³-hybridized carbons (Fsp3) is 0.636. The highest BCUT2D eigenvalue weighted by atomic mass is 16.1. The minimum absolute atomic E-state index is 0.0610. The fourth-order valence-corrected chi connectivity index (χ4v) is 1.44. The molecule has 0 spiro atoms. The summed E-state index contributed by atoms with van der Waals surface area (Å²) < 4.78 is 1.96. The smallest absolute Gasteiger partial charge is 0.157 e. The van der Waals surface area contributed by atoms with Gasteiger partial charge in [-0.2, -0.15) is 0 Å². The third-order valence-corrected chi connectivity index (χ3v) is 2.56. The van der Waals surface area contributed by atoms with Gasteiger partial charge in [-0.15, -0.1) is 0 Å². The number of hydrogen-bond donors (Lipinski definition) is 1. The zero-order valence-corrected chi connectivity index (χ0v) is 9.60. The summed E-state index contributed by atoms with van der Waals surface area (Å²) in [4.78, 5) is 15.9. The molecule has 2 N–H and O–H groups in total. The number of Topliss-reactive ketones (excluding diaryl/α,β-unsaturated/α-hetero) is 1. The van der Waals surface area contributed by atoms with Gasteiger partial charge in [-0.1, -0.05) is 13.8 Å². The molecule has 1 heterocycles. The summed E-state index contributed by atoms with van der Waals surface area (Å²) >= 11 is 0. The monoisotopic (exact) mass is 209 g/mol. The van der Waals surface area contributed by atoms with Crippen molar-refractivity contribution >= 4 is 5.78 Å². The van der Waals surface area contributed by atoms with Crippen LogP contribution in [0.15, 0.2) is 12.4 Å². The van der Waals surface area contributed by atoms with Crippen LogP contribution in [-0.2, 0) is 17.8 Å². The first kappa shape index (κ1) is 11.9. The Hall–Kier alpha value is -1.16. The van der Waals surface area contributed by atoms with Gasteiger partial charge in [0.05, 0.1) is 12.5 Å². The Labute approximate surface area is 90.5 Å². The predicted octanol–water partition coefficient (Wildman–Crippen LogP) is 0.998. The highest BCUT2D eigenvalue weighted by Crippen LogP contribution is 2.05. The second kappa shape index (κ2) is 5.07. The van der Waals surface area contributed by atoms with Gasteiger partial charge < -0.3 is 10.3 Å². The Morgan fingerprint density at radius 3 is 2.80 bits per heavy atom. The number of rotatable bonds is 5. The van der Waals surface area contributed by atoms with Crippen LogP contribution in [0.25, 0.3) is 0 Å². The van der Waals surface area contributed by atoms with Gasteiger partial charge in [-0.3, -0.25) is 4.79 Å². The predicted molar refractivity (Wildman–Crippen MR) is 59.4 cm³/mol. The molecule has 84 valence electrons. The van der Waals surface area contributed by atoms with Crippen LogP contribution in [-0.4, -0.2) is 21.4 Å². The number of aromatic nitrogens is 2. The van der Waals surface area contributed by atoms with E-state index in [9.17, 15) is 4.79 Å². The van der Waals surface area contributed by atoms with Crippen molar-refractivity contribution in [1.29, 1.82) is 0 Å². The van der Waals surface area contributed by atoms with E-state index in [1.54, 1.807) is 6.20 Å². The largest absolute Gasteiger partial charge is 0.335 e. The van der Waals surface area contributed by atoms with Crippen LogP contribution in [0.1, 0.15) is 26.6 Å². The Morgan fingerprint density at radius 1 is 1.60 bits per heavy atom. The Balaban J connectivity index is 2.66. The number of nitrogens with zero attached hydrogens (tertiary/aromatic N) is 2. The molecule has 0 aliphatic rings. The van der Waals surface area contributed by atoms with E-state index in [-0.39, 0.29) is 17.7 Å². The number of hydrogen-bond acceptors (Lipinski definition) is 3. The summed E-state index contributed by atoms with van der Waals surface area (Å²) in [6.07, 6.45) is 3.93. The molecule has 1 aromatic rings. The van der Waals surface area contributed by atoms with Crippen molar-refractivity contribution in [1.82, 2.24) is 9.55 Å². The molecule has 1 unspecified atom stereocenters. The molecule has 0 saturated carbocycles. The second-order valence-electron chi connectivity index (χ2n) is 4.04. The van der Waals surface area contributed by atoms with E-state index in [0.29, 0.717) is 6.42 Å². The molecule has 1 atom stereocenters. The molecule has 0 amide bonds. The van der Waals surface area contributed by atoms with Gasteiger partial charge in [0, 0.05) is 18.9 Å². The van der Waals surface area contributed by atoms with Gasteiger partial charge in [0.15, 0.2) is 5.78 Å². The van der Waals surface area contributed by atoms with Gasteiger partial charge in [-0.05, 0) is 12.8 Å². The quantitative estimate of drug-likeness (QED) is 0.787. The average Bonchev–Trinajstić information content (AvgIpc) is 2.63. The highest BCUT2D eigenvalue weighted by Gasteiger charge is 2.19. The van der Waals surface area contributed by atoms with Crippen LogP contribution >= 0.6 is 0 Å². The van der Waals surface area contributed by atoms with Crippen molar-refractivity contribution < 1.29 is 4.79 Å². The average molecular weight is 209 g/mol. The molecule has 0 fully saturated rings. The van der Waals surface area contributed by atoms with Gasteiger partial charge in [0.2, 0.25) is 0 Å². The molecule has 0 aromatic carbocycles. The first-order chi connectivity index (χ1) is 7.06. The van der Waals surface area contributed by atoms with Gasteiger partial charge in [-0.25, -0.2) is 4.98 Å². The van der Waals surface area contributed by atoms with Crippen LogP contribution < -0.4 is 5.73 Å². The number of nitrogens with two attached hydrogens (primary N) is 1. The summed E-state index contributed by atoms with van der Waals surface area (Å²) in [5.41, 5.74) is 5.78. The van der Waals surface area contributed by atoms with Crippen molar-refractivity contribution in [3.63, 3.8) is 0 Å². The molecule has 15 heavy (non-hydrogen) atoms. The lowest BCUT2D eigenvalue weighted by atomic mass is 9.99. The molecular weight excluding hydrogens is 190 g/mol. The van der Waals surface area contributed by atoms with Crippen LogP contribution in [0.5, 0.6) is 0 Å². The number of carbonyl (C=O) groups excluding carboxylic acids is 1. The van der Waals surface area contributed by atoms with Gasteiger partial charge in [0.1, 0.15) is 5.82 Å². The van der Waals surface area contributed by atoms with E-state index in [0.717, 1.165) is 12.4 Å². The Bertz CT molecular complexity index is 330. The second-order valence-corrected chi connectivity index (χ2v) is 4.04. The van der Waals surface area contributed by atoms with Gasteiger partial charge in [0.25, 0.3) is 0 Å². The van der Waals surface area contributed by atoms with E-state index < -0.39 is 0 Å². The van der Waals surface area contributed by atoms with Crippen molar-refractivity contribution in [3.8, 4) is 0 Å². The molecule has 0 saturated heterocycles. The maximum Gasteiger partial charge on any atom is 0.157 e. The van der Waals surface area contributed by atoms with Crippen LogP contribution in [0.4, 0.5) is 0 Å². The van der Waals surface area contributed by atoms with Crippen LogP contribution in [0.3, 0.4) is 0 Å². The number of carbonyl (C=O) groups is 1. The Morgan fingerprint density at radius 2 is 2.27 bits per heavy atom. The van der Waals surface area contributed by atoms with Crippen molar-refractivity contribution in [2.75, 3.05) is 0 Å². The molecule has 4 nitrogen and oxygen atoms in total. The molecule has 0 bridgehead atoms. The molecule has 1 rings (SSSR count). The Kier molecular flexibility index (Phi) is 4.03. The van der Waals surface area contributed by atoms with Crippen molar-refractivity contribution in [3.05, 3.63) is 18.2 Å². The normalized spacial score (nSPS) is 13.1. The lowest BCUT2D eigenvalue weighted by Crippen LogP contribution is -2.37. The standard InChI is InChI=1S/C11H19N3O/c1-4-14-6-5-13-10(14)7-9(15)11(12)8(2)3/h5-6,8,11H,4,7,12H2,1-3H3. The highest BCUT2D eigenvalue weighted by molar-refractivity contribution is 5.85. The zero-order chi connectivity index (χ0) is 11.4. The first-order valence-corrected chi connectivity index (χ1v) is 5.34. The van der Waals surface area contributed by atoms with Crippen molar-refractivity contribution in [2.45, 2.75) is 39.8 Å². The summed E-state index contributed by atoms with van der Waals surface area (Å²) in [7, 11) is 0.